The van der Waals surface area contributed by atoms with Gasteiger partial charge in [-0.2, -0.15) is 0 Å². The summed E-state index contributed by atoms with van der Waals surface area (Å²) in [5.74, 6) is 1.97. The second kappa shape index (κ2) is 5.50. The first-order valence-corrected chi connectivity index (χ1v) is 16.7. The van der Waals surface area contributed by atoms with Crippen LogP contribution in [0.2, 0.25) is 0 Å². The van der Waals surface area contributed by atoms with E-state index in [9.17, 15) is 0 Å². The number of ether oxygens (including phenoxy) is 1. The number of fused-ring (bicyclic) bond motifs is 10. The summed E-state index contributed by atoms with van der Waals surface area (Å²) in [4.78, 5) is 0. The molecule has 0 aliphatic carbocycles. The Morgan fingerprint density at radius 1 is 0.889 bits per heavy atom. The zero-order valence-corrected chi connectivity index (χ0v) is 21.0. The van der Waals surface area contributed by atoms with Crippen LogP contribution in [-0.4, -0.2) is 50.8 Å². The van der Waals surface area contributed by atoms with Crippen molar-refractivity contribution < 1.29 is 4.74 Å². The molecule has 5 radical (unpaired) electrons. The van der Waals surface area contributed by atoms with Gasteiger partial charge in [0.1, 0.15) is 0 Å². The number of rotatable bonds is 2. The van der Waals surface area contributed by atoms with E-state index >= 15 is 0 Å². The maximum atomic E-state index is 6.53. The summed E-state index contributed by atoms with van der Waals surface area (Å²) in [5, 5.41) is 4.30. The van der Waals surface area contributed by atoms with E-state index in [1.165, 1.54) is 49.2 Å². The van der Waals surface area contributed by atoms with Gasteiger partial charge in [-0.25, -0.2) is 0 Å². The van der Waals surface area contributed by atoms with Gasteiger partial charge in [0.25, 0.3) is 0 Å². The molecule has 7 heterocycles. The van der Waals surface area contributed by atoms with Crippen LogP contribution in [0.5, 0.6) is 11.5 Å². The fourth-order valence-corrected chi connectivity index (χ4v) is 16.7. The minimum atomic E-state index is -2.28. The molecular weight excluding hydrogens is 470 g/mol. The van der Waals surface area contributed by atoms with Gasteiger partial charge in [-0.3, -0.25) is 0 Å². The van der Waals surface area contributed by atoms with Gasteiger partial charge in [-0.05, 0) is 0 Å². The van der Waals surface area contributed by atoms with Crippen molar-refractivity contribution in [1.29, 1.82) is 0 Å². The third kappa shape index (κ3) is 1.89. The Hall–Kier alpha value is -2.54. The molecule has 0 saturated carbocycles. The first kappa shape index (κ1) is 18.7. The third-order valence-corrected chi connectivity index (χ3v) is 18.0. The molecule has 12 heteroatoms. The second-order valence-corrected chi connectivity index (χ2v) is 18.1. The van der Waals surface area contributed by atoms with Gasteiger partial charge >= 0.3 is 213 Å². The Bertz CT molecular complexity index is 1980. The van der Waals surface area contributed by atoms with Crippen molar-refractivity contribution in [2.24, 2.45) is 4.52 Å². The van der Waals surface area contributed by atoms with E-state index < -0.39 is 6.39 Å². The van der Waals surface area contributed by atoms with Gasteiger partial charge in [0.05, 0.1) is 0 Å². The first-order chi connectivity index (χ1) is 17.8. The molecule has 11 rings (SSSR count). The second-order valence-electron chi connectivity index (χ2n) is 11.2. The average molecular weight is 483 g/mol. The van der Waals surface area contributed by atoms with Gasteiger partial charge in [0.2, 0.25) is 0 Å². The number of hydrogen-bond acceptors (Lipinski definition) is 2. The summed E-state index contributed by atoms with van der Waals surface area (Å²) in [7, 11) is 2.39. The Morgan fingerprint density at radius 2 is 1.69 bits per heavy atom. The number of para-hydroxylation sites is 2. The van der Waals surface area contributed by atoms with Gasteiger partial charge in [0.15, 0.2) is 0 Å². The third-order valence-electron chi connectivity index (χ3n) is 9.49. The number of benzene rings is 4. The van der Waals surface area contributed by atoms with Crippen LogP contribution < -0.4 is 26.4 Å². The Morgan fingerprint density at radius 3 is 2.50 bits per heavy atom. The van der Waals surface area contributed by atoms with Crippen molar-refractivity contribution in [1.82, 2.24) is 4.57 Å². The van der Waals surface area contributed by atoms with Gasteiger partial charge in [-0.1, -0.05) is 0 Å². The molecule has 4 saturated heterocycles. The SMILES string of the molecule is [B]1B2[B-]P12(N=[P+]1B2[B-]B21)c1cccc2c1c1ccc3c4c1n2-c1ccccc1B4c1ccccc1O3. The Labute approximate surface area is 212 Å². The molecule has 4 fully saturated rings. The monoisotopic (exact) mass is 484 g/mol. The Kier molecular flexibility index (Phi) is 2.85. The van der Waals surface area contributed by atoms with E-state index in [1.54, 1.807) is 0 Å². The van der Waals surface area contributed by atoms with Crippen molar-refractivity contribution in [3.63, 3.8) is 0 Å². The zero-order chi connectivity index (χ0) is 23.0. The molecule has 157 valence electrons. The van der Waals surface area contributed by atoms with Crippen LogP contribution in [0.15, 0.2) is 83.4 Å². The quantitative estimate of drug-likeness (QED) is 0.275. The number of aromatic nitrogens is 1. The van der Waals surface area contributed by atoms with E-state index in [2.05, 4.69) is 104 Å². The summed E-state index contributed by atoms with van der Waals surface area (Å²) >= 11 is 0. The molecule has 0 unspecified atom stereocenters. The van der Waals surface area contributed by atoms with Crippen LogP contribution in [0, 0.1) is 0 Å². The molecule has 5 aromatic rings. The summed E-state index contributed by atoms with van der Waals surface area (Å²) in [6.45, 7) is 5.43. The van der Waals surface area contributed by atoms with Crippen LogP contribution in [-0.2, 0) is 0 Å². The average Bonchev–Trinajstić information content (AvgIpc) is 3.82. The van der Waals surface area contributed by atoms with E-state index in [0.717, 1.165) is 23.9 Å². The van der Waals surface area contributed by atoms with Crippen LogP contribution >= 0.6 is 13.9 Å². The van der Waals surface area contributed by atoms with Crippen LogP contribution in [0.1, 0.15) is 0 Å². The van der Waals surface area contributed by atoms with Gasteiger partial charge in [0, 0.05) is 0 Å². The molecule has 0 bridgehead atoms. The molecule has 1 aromatic heterocycles. The molecule has 6 aliphatic rings. The summed E-state index contributed by atoms with van der Waals surface area (Å²) in [6, 6.07) is 29.1. The van der Waals surface area contributed by atoms with Crippen molar-refractivity contribution >= 4 is 104 Å². The van der Waals surface area contributed by atoms with Crippen LogP contribution in [0.25, 0.3) is 27.5 Å². The van der Waals surface area contributed by atoms with Crippen molar-refractivity contribution in [2.75, 3.05) is 0 Å². The fraction of sp³-hybridized carbons (Fsp3) is 0. The van der Waals surface area contributed by atoms with Gasteiger partial charge < -0.3 is 0 Å². The normalized spacial score (nSPS) is 21.9. The van der Waals surface area contributed by atoms with E-state index in [4.69, 9.17) is 9.25 Å². The molecular formula is C24H13B7N2OP2-. The van der Waals surface area contributed by atoms with E-state index in [0.29, 0.717) is 6.21 Å². The first-order valence-electron chi connectivity index (χ1n) is 12.8. The molecule has 0 amide bonds. The molecule has 0 N–H and O–H groups in total. The zero-order valence-electron chi connectivity index (χ0n) is 19.2. The molecule has 6 aliphatic heterocycles. The summed E-state index contributed by atoms with van der Waals surface area (Å²) < 4.78 is 14.8. The summed E-state index contributed by atoms with van der Waals surface area (Å²) in [6.07, 6.45) is 0.0496. The number of nitrogens with zero attached hydrogens (tertiary/aromatic N) is 2. The van der Waals surface area contributed by atoms with Crippen molar-refractivity contribution in [3.8, 4) is 17.2 Å². The van der Waals surface area contributed by atoms with Crippen molar-refractivity contribution in [2.45, 2.75) is 0 Å². The minimum absolute atomic E-state index is 0.0988. The molecule has 0 spiro atoms. The maximum absolute atomic E-state index is 6.53. The predicted octanol–water partition coefficient (Wildman–Crippen LogP) is 2.51. The molecule has 36 heavy (non-hydrogen) atoms. The number of hydrogen-bond donors (Lipinski definition) is 0. The van der Waals surface area contributed by atoms with E-state index in [-0.39, 0.29) is 14.2 Å². The molecule has 4 aromatic carbocycles. The van der Waals surface area contributed by atoms with Crippen molar-refractivity contribution in [3.05, 3.63) is 78.9 Å². The fourth-order valence-electron chi connectivity index (χ4n) is 7.37. The summed E-state index contributed by atoms with van der Waals surface area (Å²) in [5.41, 5.74) is 7.86. The predicted molar refractivity (Wildman–Crippen MR) is 162 cm³/mol. The standard InChI is InChI=1S/C24H13B7N2OP2/c1-3-8-17-15(6-1)28-16-7-2-4-10-19(16)34-20-13-12-14-22-18(33(17)24(14)23(20)28)9-5-11-21(22)36(26-29(36)27-36)32-35-30-25-31(30)35/h1-13H/q-1. The Balaban J connectivity index is 1.31. The van der Waals surface area contributed by atoms with Gasteiger partial charge in [-0.15, -0.1) is 0 Å². The molecule has 0 atom stereocenters. The molecule has 3 nitrogen and oxygen atoms in total. The topological polar surface area (TPSA) is 26.5 Å². The van der Waals surface area contributed by atoms with Crippen LogP contribution in [0.4, 0.5) is 0 Å². The van der Waals surface area contributed by atoms with Crippen LogP contribution in [0.3, 0.4) is 0 Å². The van der Waals surface area contributed by atoms with E-state index in [1.807, 2.05) is 0 Å².